The Hall–Kier alpha value is -0.570. The molecule has 0 aliphatic heterocycles. The minimum atomic E-state index is 0.188. The molecule has 0 fully saturated rings. The quantitative estimate of drug-likeness (QED) is 0.725. The Morgan fingerprint density at radius 2 is 1.81 bits per heavy atom. The second kappa shape index (κ2) is 7.66. The Balaban J connectivity index is 3.97. The molecule has 0 aromatic carbocycles. The minimum absolute atomic E-state index is 0.188. The van der Waals surface area contributed by atoms with Gasteiger partial charge in [0.05, 0.1) is 6.54 Å². The summed E-state index contributed by atoms with van der Waals surface area (Å²) >= 11 is 0. The Kier molecular flexibility index (Phi) is 7.39. The van der Waals surface area contributed by atoms with Gasteiger partial charge in [-0.05, 0) is 32.6 Å². The second-order valence-corrected chi connectivity index (χ2v) is 5.17. The van der Waals surface area contributed by atoms with Crippen molar-refractivity contribution in [3.63, 3.8) is 0 Å². The Morgan fingerprint density at radius 3 is 2.25 bits per heavy atom. The van der Waals surface area contributed by atoms with Gasteiger partial charge in [-0.25, -0.2) is 0 Å². The molecule has 96 valence electrons. The summed E-state index contributed by atoms with van der Waals surface area (Å²) in [7, 11) is 1.90. The lowest BCUT2D eigenvalue weighted by molar-refractivity contribution is -0.131. The van der Waals surface area contributed by atoms with Gasteiger partial charge in [0.2, 0.25) is 5.91 Å². The fraction of sp³-hybridized carbons (Fsp3) is 0.923. The van der Waals surface area contributed by atoms with Crippen molar-refractivity contribution in [2.24, 2.45) is 5.92 Å². The van der Waals surface area contributed by atoms with Crippen molar-refractivity contribution in [2.45, 2.75) is 59.5 Å². The number of hydrogen-bond donors (Lipinski definition) is 1. The van der Waals surface area contributed by atoms with Crippen LogP contribution in [0.15, 0.2) is 0 Å². The number of amides is 1. The van der Waals surface area contributed by atoms with Gasteiger partial charge >= 0.3 is 0 Å². The lowest BCUT2D eigenvalue weighted by Crippen LogP contribution is -2.43. The molecule has 0 saturated carbocycles. The van der Waals surface area contributed by atoms with Gasteiger partial charge in [-0.3, -0.25) is 4.79 Å². The number of nitrogens with zero attached hydrogens (tertiary/aromatic N) is 1. The topological polar surface area (TPSA) is 32.3 Å². The first-order valence-corrected chi connectivity index (χ1v) is 6.37. The average molecular weight is 228 g/mol. The van der Waals surface area contributed by atoms with Crippen molar-refractivity contribution in [1.82, 2.24) is 10.2 Å². The molecule has 0 spiro atoms. The molecular formula is C13H28N2O. The van der Waals surface area contributed by atoms with Gasteiger partial charge in [-0.2, -0.15) is 0 Å². The van der Waals surface area contributed by atoms with E-state index >= 15 is 0 Å². The third kappa shape index (κ3) is 6.11. The average Bonchev–Trinajstić information content (AvgIpc) is 2.23. The van der Waals surface area contributed by atoms with Gasteiger partial charge in [-0.15, -0.1) is 0 Å². The highest BCUT2D eigenvalue weighted by molar-refractivity contribution is 5.78. The number of carbonyl (C=O) groups excluding carboxylic acids is 1. The summed E-state index contributed by atoms with van der Waals surface area (Å²) in [5.41, 5.74) is 0. The van der Waals surface area contributed by atoms with Crippen molar-refractivity contribution >= 4 is 5.91 Å². The monoisotopic (exact) mass is 228 g/mol. The molecule has 2 atom stereocenters. The van der Waals surface area contributed by atoms with Crippen LogP contribution in [0, 0.1) is 5.92 Å². The molecule has 2 unspecified atom stereocenters. The highest BCUT2D eigenvalue weighted by Gasteiger charge is 2.16. The normalized spacial score (nSPS) is 14.9. The molecule has 0 aromatic heterocycles. The standard InChI is InChI=1S/C13H28N2O/c1-7-11(4)14-9-13(16)15(6)12(5)8-10(2)3/h10-12,14H,7-9H2,1-6H3. The van der Waals surface area contributed by atoms with Crippen LogP contribution in [0.2, 0.25) is 0 Å². The zero-order valence-corrected chi connectivity index (χ0v) is 11.7. The summed E-state index contributed by atoms with van der Waals surface area (Å²) in [4.78, 5) is 13.7. The summed E-state index contributed by atoms with van der Waals surface area (Å²) < 4.78 is 0. The smallest absolute Gasteiger partial charge is 0.236 e. The van der Waals surface area contributed by atoms with Crippen molar-refractivity contribution < 1.29 is 4.79 Å². The zero-order chi connectivity index (χ0) is 12.7. The fourth-order valence-electron chi connectivity index (χ4n) is 1.62. The first kappa shape index (κ1) is 15.4. The van der Waals surface area contributed by atoms with E-state index < -0.39 is 0 Å². The summed E-state index contributed by atoms with van der Waals surface area (Å²) in [5.74, 6) is 0.821. The SMILES string of the molecule is CCC(C)NCC(=O)N(C)C(C)CC(C)C. The molecule has 0 heterocycles. The van der Waals surface area contributed by atoms with Crippen LogP contribution in [-0.4, -0.2) is 36.5 Å². The lowest BCUT2D eigenvalue weighted by atomic mass is 10.0. The van der Waals surface area contributed by atoms with Crippen LogP contribution >= 0.6 is 0 Å². The molecule has 16 heavy (non-hydrogen) atoms. The third-order valence-electron chi connectivity index (χ3n) is 3.08. The fourth-order valence-corrected chi connectivity index (χ4v) is 1.62. The highest BCUT2D eigenvalue weighted by Crippen LogP contribution is 2.09. The Labute approximate surface area is 101 Å². The first-order valence-electron chi connectivity index (χ1n) is 6.37. The predicted octanol–water partition coefficient (Wildman–Crippen LogP) is 2.27. The van der Waals surface area contributed by atoms with Crippen LogP contribution < -0.4 is 5.32 Å². The van der Waals surface area contributed by atoms with Crippen LogP contribution in [-0.2, 0) is 4.79 Å². The van der Waals surface area contributed by atoms with Gasteiger partial charge in [0.1, 0.15) is 0 Å². The van der Waals surface area contributed by atoms with Crippen LogP contribution in [0.5, 0.6) is 0 Å². The van der Waals surface area contributed by atoms with Crippen molar-refractivity contribution in [3.05, 3.63) is 0 Å². The van der Waals surface area contributed by atoms with Gasteiger partial charge in [0.25, 0.3) is 0 Å². The molecule has 0 bridgehead atoms. The molecule has 3 nitrogen and oxygen atoms in total. The molecular weight excluding hydrogens is 200 g/mol. The summed E-state index contributed by atoms with van der Waals surface area (Å²) in [6, 6.07) is 0.740. The van der Waals surface area contributed by atoms with E-state index in [1.54, 1.807) is 0 Å². The van der Waals surface area contributed by atoms with Gasteiger partial charge in [0.15, 0.2) is 0 Å². The van der Waals surface area contributed by atoms with E-state index in [1.165, 1.54) is 0 Å². The van der Waals surface area contributed by atoms with Crippen LogP contribution in [0.1, 0.15) is 47.5 Å². The molecule has 0 radical (unpaired) electrons. The summed E-state index contributed by atoms with van der Waals surface area (Å²) in [6.07, 6.45) is 2.12. The van der Waals surface area contributed by atoms with E-state index in [-0.39, 0.29) is 5.91 Å². The van der Waals surface area contributed by atoms with Gasteiger partial charge in [-0.1, -0.05) is 20.8 Å². The van der Waals surface area contributed by atoms with Crippen LogP contribution in [0.4, 0.5) is 0 Å². The maximum absolute atomic E-state index is 11.8. The molecule has 0 aromatic rings. The molecule has 1 N–H and O–H groups in total. The van der Waals surface area contributed by atoms with E-state index in [4.69, 9.17) is 0 Å². The van der Waals surface area contributed by atoms with Crippen molar-refractivity contribution in [3.8, 4) is 0 Å². The molecule has 0 aliphatic rings. The van der Waals surface area contributed by atoms with Crippen LogP contribution in [0.3, 0.4) is 0 Å². The maximum atomic E-state index is 11.8. The zero-order valence-electron chi connectivity index (χ0n) is 11.7. The molecule has 0 saturated heterocycles. The second-order valence-electron chi connectivity index (χ2n) is 5.17. The lowest BCUT2D eigenvalue weighted by Gasteiger charge is -2.27. The predicted molar refractivity (Wildman–Crippen MR) is 69.4 cm³/mol. The molecule has 0 aliphatic carbocycles. The number of hydrogen-bond acceptors (Lipinski definition) is 2. The van der Waals surface area contributed by atoms with Crippen LogP contribution in [0.25, 0.3) is 0 Å². The number of rotatable bonds is 7. The maximum Gasteiger partial charge on any atom is 0.236 e. The largest absolute Gasteiger partial charge is 0.342 e. The van der Waals surface area contributed by atoms with E-state index in [1.807, 2.05) is 11.9 Å². The Morgan fingerprint density at radius 1 is 1.25 bits per heavy atom. The molecule has 0 rings (SSSR count). The molecule has 1 amide bonds. The summed E-state index contributed by atoms with van der Waals surface area (Å²) in [5, 5.41) is 3.23. The highest BCUT2D eigenvalue weighted by atomic mass is 16.2. The Bertz CT molecular complexity index is 204. The third-order valence-corrected chi connectivity index (χ3v) is 3.08. The minimum Gasteiger partial charge on any atom is -0.342 e. The number of nitrogens with one attached hydrogen (secondary N) is 1. The number of carbonyl (C=O) groups is 1. The van der Waals surface area contributed by atoms with E-state index in [2.05, 4.69) is 39.9 Å². The molecule has 3 heteroatoms. The van der Waals surface area contributed by atoms with Crippen molar-refractivity contribution in [2.75, 3.05) is 13.6 Å². The van der Waals surface area contributed by atoms with Gasteiger partial charge in [0, 0.05) is 19.1 Å². The number of likely N-dealkylation sites (N-methyl/N-ethyl adjacent to an activating group) is 1. The van der Waals surface area contributed by atoms with E-state index in [0.717, 1.165) is 12.8 Å². The van der Waals surface area contributed by atoms with E-state index in [9.17, 15) is 4.79 Å². The first-order chi connectivity index (χ1) is 7.38. The van der Waals surface area contributed by atoms with Crippen molar-refractivity contribution in [1.29, 1.82) is 0 Å². The summed E-state index contributed by atoms with van der Waals surface area (Å²) in [6.45, 7) is 11.2. The van der Waals surface area contributed by atoms with Gasteiger partial charge < -0.3 is 10.2 Å². The van der Waals surface area contributed by atoms with E-state index in [0.29, 0.717) is 24.5 Å².